The van der Waals surface area contributed by atoms with Gasteiger partial charge in [-0.25, -0.2) is 4.98 Å². The van der Waals surface area contributed by atoms with Gasteiger partial charge in [0.25, 0.3) is 0 Å². The number of aliphatic hydroxyl groups is 1. The molecule has 0 aliphatic rings. The van der Waals surface area contributed by atoms with E-state index in [1.165, 1.54) is 0 Å². The fraction of sp³-hybridized carbons (Fsp3) is 0.318. The zero-order valence-corrected chi connectivity index (χ0v) is 17.3. The first kappa shape index (κ1) is 20.5. The van der Waals surface area contributed by atoms with Crippen molar-refractivity contribution in [3.8, 4) is 28.3 Å². The standard InChI is InChI=1S/C22H27N5O2/c1-5-18(28)14-23-22-24-20(15-6-10-17(11-7-15)27(2)3)21(25-26-22)16-8-12-19(29-4)13-9-16/h6-13,18,28H,5,14H2,1-4H3,(H,23,24,26). The van der Waals surface area contributed by atoms with Crippen LogP contribution in [0.15, 0.2) is 48.5 Å². The molecule has 0 amide bonds. The van der Waals surface area contributed by atoms with Gasteiger partial charge in [0.05, 0.1) is 13.2 Å². The van der Waals surface area contributed by atoms with Crippen LogP contribution in [0.4, 0.5) is 11.6 Å². The number of rotatable bonds is 8. The van der Waals surface area contributed by atoms with Crippen molar-refractivity contribution in [1.29, 1.82) is 0 Å². The Balaban J connectivity index is 2.01. The number of ether oxygens (including phenoxy) is 1. The van der Waals surface area contributed by atoms with Crippen LogP contribution >= 0.6 is 0 Å². The van der Waals surface area contributed by atoms with E-state index in [0.717, 1.165) is 28.3 Å². The number of methoxy groups -OCH3 is 1. The average molecular weight is 393 g/mol. The molecular formula is C22H27N5O2. The molecule has 2 aromatic carbocycles. The second-order valence-corrected chi connectivity index (χ2v) is 6.95. The van der Waals surface area contributed by atoms with Crippen LogP contribution in [0.5, 0.6) is 5.75 Å². The maximum atomic E-state index is 9.82. The number of aliphatic hydroxyl groups excluding tert-OH is 1. The van der Waals surface area contributed by atoms with E-state index in [1.54, 1.807) is 7.11 Å². The smallest absolute Gasteiger partial charge is 0.243 e. The third-order valence-electron chi connectivity index (χ3n) is 4.67. The third kappa shape index (κ3) is 5.00. The molecule has 3 rings (SSSR count). The summed E-state index contributed by atoms with van der Waals surface area (Å²) in [5, 5.41) is 21.5. The topological polar surface area (TPSA) is 83.4 Å². The second kappa shape index (κ2) is 9.34. The van der Waals surface area contributed by atoms with Gasteiger partial charge in [0.2, 0.25) is 5.95 Å². The minimum Gasteiger partial charge on any atom is -0.497 e. The van der Waals surface area contributed by atoms with Crippen LogP contribution in [0.2, 0.25) is 0 Å². The first-order valence-corrected chi connectivity index (χ1v) is 9.60. The van der Waals surface area contributed by atoms with E-state index in [-0.39, 0.29) is 0 Å². The molecule has 1 heterocycles. The first-order chi connectivity index (χ1) is 14.0. The van der Waals surface area contributed by atoms with Crippen LogP contribution < -0.4 is 15.0 Å². The van der Waals surface area contributed by atoms with E-state index >= 15 is 0 Å². The average Bonchev–Trinajstić information content (AvgIpc) is 2.77. The lowest BCUT2D eigenvalue weighted by Crippen LogP contribution is -2.20. The molecule has 1 atom stereocenters. The van der Waals surface area contributed by atoms with Gasteiger partial charge in [-0.05, 0) is 42.8 Å². The van der Waals surface area contributed by atoms with Gasteiger partial charge in [-0.3, -0.25) is 0 Å². The van der Waals surface area contributed by atoms with Crippen molar-refractivity contribution >= 4 is 11.6 Å². The summed E-state index contributed by atoms with van der Waals surface area (Å²) in [6.07, 6.45) is 0.200. The zero-order chi connectivity index (χ0) is 20.8. The highest BCUT2D eigenvalue weighted by Crippen LogP contribution is 2.31. The van der Waals surface area contributed by atoms with Gasteiger partial charge in [-0.1, -0.05) is 19.1 Å². The fourth-order valence-corrected chi connectivity index (χ4v) is 2.82. The molecule has 0 aliphatic carbocycles. The van der Waals surface area contributed by atoms with Gasteiger partial charge in [-0.15, -0.1) is 10.2 Å². The minimum absolute atomic E-state index is 0.374. The van der Waals surface area contributed by atoms with E-state index in [0.29, 0.717) is 24.6 Å². The molecule has 152 valence electrons. The number of hydrogen-bond acceptors (Lipinski definition) is 7. The molecule has 0 saturated carbocycles. The monoisotopic (exact) mass is 393 g/mol. The van der Waals surface area contributed by atoms with Crippen LogP contribution in [-0.4, -0.2) is 54.1 Å². The van der Waals surface area contributed by atoms with Crippen LogP contribution in [0, 0.1) is 0 Å². The van der Waals surface area contributed by atoms with Crippen molar-refractivity contribution in [3.63, 3.8) is 0 Å². The lowest BCUT2D eigenvalue weighted by atomic mass is 10.0. The molecule has 0 fully saturated rings. The third-order valence-corrected chi connectivity index (χ3v) is 4.67. The van der Waals surface area contributed by atoms with E-state index in [4.69, 9.17) is 9.72 Å². The Morgan fingerprint density at radius 1 is 0.966 bits per heavy atom. The Kier molecular flexibility index (Phi) is 6.61. The van der Waals surface area contributed by atoms with Gasteiger partial charge in [0.1, 0.15) is 17.1 Å². The van der Waals surface area contributed by atoms with Crippen LogP contribution in [-0.2, 0) is 0 Å². The summed E-state index contributed by atoms with van der Waals surface area (Å²) < 4.78 is 5.25. The lowest BCUT2D eigenvalue weighted by molar-refractivity contribution is 0.183. The highest BCUT2D eigenvalue weighted by atomic mass is 16.5. The normalized spacial score (nSPS) is 11.8. The molecule has 3 aromatic rings. The number of aromatic nitrogens is 3. The summed E-state index contributed by atoms with van der Waals surface area (Å²) >= 11 is 0. The van der Waals surface area contributed by atoms with Gasteiger partial charge in [0.15, 0.2) is 0 Å². The summed E-state index contributed by atoms with van der Waals surface area (Å²) in [7, 11) is 5.65. The number of benzene rings is 2. The van der Waals surface area contributed by atoms with Gasteiger partial charge in [-0.2, -0.15) is 0 Å². The van der Waals surface area contributed by atoms with Gasteiger partial charge >= 0.3 is 0 Å². The van der Waals surface area contributed by atoms with Crippen molar-refractivity contribution in [3.05, 3.63) is 48.5 Å². The van der Waals surface area contributed by atoms with Crippen molar-refractivity contribution < 1.29 is 9.84 Å². The Hall–Kier alpha value is -3.19. The Bertz CT molecular complexity index is 927. The highest BCUT2D eigenvalue weighted by molar-refractivity contribution is 5.79. The van der Waals surface area contributed by atoms with Crippen molar-refractivity contribution in [1.82, 2.24) is 15.2 Å². The maximum absolute atomic E-state index is 9.82. The Morgan fingerprint density at radius 3 is 2.17 bits per heavy atom. The van der Waals surface area contributed by atoms with Crippen molar-refractivity contribution in [2.24, 2.45) is 0 Å². The Labute approximate surface area is 171 Å². The number of nitrogens with zero attached hydrogens (tertiary/aromatic N) is 4. The highest BCUT2D eigenvalue weighted by Gasteiger charge is 2.15. The van der Waals surface area contributed by atoms with E-state index in [2.05, 4.69) is 15.5 Å². The van der Waals surface area contributed by atoms with Crippen molar-refractivity contribution in [2.45, 2.75) is 19.4 Å². The van der Waals surface area contributed by atoms with Crippen LogP contribution in [0.25, 0.3) is 22.5 Å². The predicted octanol–water partition coefficient (Wildman–Crippen LogP) is 3.46. The molecule has 2 N–H and O–H groups in total. The van der Waals surface area contributed by atoms with Crippen LogP contribution in [0.1, 0.15) is 13.3 Å². The summed E-state index contributed by atoms with van der Waals surface area (Å²) in [6, 6.07) is 15.8. The van der Waals surface area contributed by atoms with Gasteiger partial charge in [0, 0.05) is 37.5 Å². The molecule has 29 heavy (non-hydrogen) atoms. The molecule has 7 heteroatoms. The summed E-state index contributed by atoms with van der Waals surface area (Å²) in [5.74, 6) is 1.17. The Morgan fingerprint density at radius 2 is 1.59 bits per heavy atom. The summed E-state index contributed by atoms with van der Waals surface area (Å²) in [5.41, 5.74) is 4.36. The zero-order valence-electron chi connectivity index (χ0n) is 17.3. The van der Waals surface area contributed by atoms with E-state index < -0.39 is 6.10 Å². The summed E-state index contributed by atoms with van der Waals surface area (Å²) in [6.45, 7) is 2.30. The number of anilines is 2. The molecular weight excluding hydrogens is 366 g/mol. The van der Waals surface area contributed by atoms with Gasteiger partial charge < -0.3 is 20.1 Å². The van der Waals surface area contributed by atoms with Crippen molar-refractivity contribution in [2.75, 3.05) is 38.0 Å². The van der Waals surface area contributed by atoms with E-state index in [1.807, 2.05) is 74.4 Å². The molecule has 0 spiro atoms. The number of nitrogens with one attached hydrogen (secondary N) is 1. The SMILES string of the molecule is CCC(O)CNc1nnc(-c2ccc(OC)cc2)c(-c2ccc(N(C)C)cc2)n1. The fourth-order valence-electron chi connectivity index (χ4n) is 2.82. The first-order valence-electron chi connectivity index (χ1n) is 9.60. The molecule has 1 aromatic heterocycles. The largest absolute Gasteiger partial charge is 0.497 e. The molecule has 0 bridgehead atoms. The summed E-state index contributed by atoms with van der Waals surface area (Å²) in [4.78, 5) is 6.75. The molecule has 0 aliphatic heterocycles. The minimum atomic E-state index is -0.456. The van der Waals surface area contributed by atoms with E-state index in [9.17, 15) is 5.11 Å². The maximum Gasteiger partial charge on any atom is 0.243 e. The quantitative estimate of drug-likeness (QED) is 0.606. The second-order valence-electron chi connectivity index (χ2n) is 6.95. The molecule has 1 unspecified atom stereocenters. The molecule has 0 saturated heterocycles. The molecule has 7 nitrogen and oxygen atoms in total. The van der Waals surface area contributed by atoms with Crippen LogP contribution in [0.3, 0.4) is 0 Å². The number of hydrogen-bond donors (Lipinski definition) is 2. The molecule has 0 radical (unpaired) electrons. The lowest BCUT2D eigenvalue weighted by Gasteiger charge is -2.15. The predicted molar refractivity (Wildman–Crippen MR) is 116 cm³/mol.